The van der Waals surface area contributed by atoms with E-state index in [0.717, 1.165) is 4.88 Å². The van der Waals surface area contributed by atoms with E-state index >= 15 is 0 Å². The Labute approximate surface area is 129 Å². The number of aromatic nitrogens is 4. The fourth-order valence-electron chi connectivity index (χ4n) is 1.90. The van der Waals surface area contributed by atoms with E-state index in [1.54, 1.807) is 24.3 Å². The quantitative estimate of drug-likeness (QED) is 0.553. The second-order valence-corrected chi connectivity index (χ2v) is 5.50. The monoisotopic (exact) mass is 316 g/mol. The molecule has 3 heterocycles. The zero-order chi connectivity index (χ0) is 15.5. The lowest BCUT2D eigenvalue weighted by atomic mass is 10.2. The summed E-state index contributed by atoms with van der Waals surface area (Å²) < 4.78 is 0. The van der Waals surface area contributed by atoms with Gasteiger partial charge in [0.15, 0.2) is 5.82 Å². The molecule has 0 radical (unpaired) electrons. The molecule has 3 aromatic heterocycles. The average Bonchev–Trinajstić information content (AvgIpc) is 3.16. The molecule has 0 atom stereocenters. The van der Waals surface area contributed by atoms with Gasteiger partial charge >= 0.3 is 0 Å². The Hall–Kier alpha value is -2.81. The molecule has 9 heteroatoms. The molecule has 0 fully saturated rings. The zero-order valence-electron chi connectivity index (χ0n) is 11.6. The molecular formula is C13H12N6O2S. The van der Waals surface area contributed by atoms with Crippen LogP contribution in [-0.2, 0) is 6.54 Å². The molecule has 0 aliphatic carbocycles. The van der Waals surface area contributed by atoms with Crippen molar-refractivity contribution in [2.75, 3.05) is 5.32 Å². The van der Waals surface area contributed by atoms with Gasteiger partial charge in [-0.3, -0.25) is 15.2 Å². The molecule has 0 spiro atoms. The minimum Gasteiger partial charge on any atom is -0.363 e. The Balaban J connectivity index is 1.68. The second kappa shape index (κ2) is 5.90. The van der Waals surface area contributed by atoms with E-state index in [4.69, 9.17) is 0 Å². The van der Waals surface area contributed by atoms with Crippen LogP contribution in [0.15, 0.2) is 29.8 Å². The molecule has 3 rings (SSSR count). The minimum atomic E-state index is -0.449. The number of aromatic amines is 1. The number of thiophene rings is 1. The highest BCUT2D eigenvalue weighted by atomic mass is 32.1. The molecule has 0 saturated heterocycles. The number of aryl methyl sites for hydroxylation is 1. The number of hydrogen-bond donors (Lipinski definition) is 2. The molecule has 0 amide bonds. The zero-order valence-corrected chi connectivity index (χ0v) is 12.4. The van der Waals surface area contributed by atoms with Crippen molar-refractivity contribution in [3.63, 3.8) is 0 Å². The van der Waals surface area contributed by atoms with E-state index in [1.165, 1.54) is 6.20 Å². The number of pyridine rings is 1. The number of rotatable bonds is 5. The molecule has 112 valence electrons. The van der Waals surface area contributed by atoms with Gasteiger partial charge in [-0.25, -0.2) is 9.97 Å². The van der Waals surface area contributed by atoms with Gasteiger partial charge in [0.1, 0.15) is 17.8 Å². The van der Waals surface area contributed by atoms with Crippen LogP contribution in [0.3, 0.4) is 0 Å². The van der Waals surface area contributed by atoms with E-state index < -0.39 is 4.92 Å². The van der Waals surface area contributed by atoms with Crippen LogP contribution in [0.1, 0.15) is 11.4 Å². The fraction of sp³-hybridized carbons (Fsp3) is 0.154. The molecule has 0 bridgehead atoms. The third kappa shape index (κ3) is 2.93. The lowest BCUT2D eigenvalue weighted by molar-refractivity contribution is -0.385. The summed E-state index contributed by atoms with van der Waals surface area (Å²) in [7, 11) is 0. The van der Waals surface area contributed by atoms with Crippen molar-refractivity contribution in [1.29, 1.82) is 0 Å². The van der Waals surface area contributed by atoms with E-state index in [0.29, 0.717) is 29.6 Å². The Morgan fingerprint density at radius 1 is 1.50 bits per heavy atom. The summed E-state index contributed by atoms with van der Waals surface area (Å²) in [4.78, 5) is 19.7. The van der Waals surface area contributed by atoms with Crippen LogP contribution >= 0.6 is 11.3 Å². The van der Waals surface area contributed by atoms with Crippen LogP contribution in [0.4, 0.5) is 11.5 Å². The summed E-state index contributed by atoms with van der Waals surface area (Å²) in [5.41, 5.74) is 0.560. The summed E-state index contributed by atoms with van der Waals surface area (Å²) in [5.74, 6) is 1.87. The van der Waals surface area contributed by atoms with Crippen molar-refractivity contribution >= 4 is 22.8 Å². The Morgan fingerprint density at radius 2 is 2.36 bits per heavy atom. The van der Waals surface area contributed by atoms with Crippen molar-refractivity contribution in [2.45, 2.75) is 13.5 Å². The van der Waals surface area contributed by atoms with Crippen molar-refractivity contribution in [3.8, 4) is 10.7 Å². The van der Waals surface area contributed by atoms with Gasteiger partial charge in [0.25, 0.3) is 5.69 Å². The molecule has 2 N–H and O–H groups in total. The second-order valence-electron chi connectivity index (χ2n) is 4.55. The molecule has 8 nitrogen and oxygen atoms in total. The molecule has 22 heavy (non-hydrogen) atoms. The third-order valence-corrected chi connectivity index (χ3v) is 3.86. The van der Waals surface area contributed by atoms with Crippen molar-refractivity contribution in [3.05, 3.63) is 51.3 Å². The lowest BCUT2D eigenvalue weighted by Crippen LogP contribution is -2.04. The highest BCUT2D eigenvalue weighted by Gasteiger charge is 2.12. The van der Waals surface area contributed by atoms with Crippen LogP contribution in [0, 0.1) is 17.0 Å². The van der Waals surface area contributed by atoms with Gasteiger partial charge in [-0.2, -0.15) is 5.10 Å². The Kier molecular flexibility index (Phi) is 3.79. The summed E-state index contributed by atoms with van der Waals surface area (Å²) in [5, 5.41) is 22.8. The number of H-pyrrole nitrogens is 1. The molecule has 0 aromatic carbocycles. The van der Waals surface area contributed by atoms with Crippen LogP contribution in [0.2, 0.25) is 0 Å². The SMILES string of the molecule is Cc1cc(NCc2nc(-c3cccs3)n[nH]2)ncc1[N+](=O)[O-]. The van der Waals surface area contributed by atoms with Gasteiger partial charge in [-0.05, 0) is 24.4 Å². The molecular weight excluding hydrogens is 304 g/mol. The first-order valence-corrected chi connectivity index (χ1v) is 7.31. The average molecular weight is 316 g/mol. The first-order chi connectivity index (χ1) is 10.6. The molecule has 3 aromatic rings. The van der Waals surface area contributed by atoms with Gasteiger partial charge in [0, 0.05) is 5.56 Å². The van der Waals surface area contributed by atoms with Crippen molar-refractivity contribution < 1.29 is 4.92 Å². The number of nitrogens with zero attached hydrogens (tertiary/aromatic N) is 4. The normalized spacial score (nSPS) is 10.6. The molecule has 0 unspecified atom stereocenters. The van der Waals surface area contributed by atoms with Crippen LogP contribution in [0.5, 0.6) is 0 Å². The first kappa shape index (κ1) is 14.1. The molecule has 0 saturated carbocycles. The van der Waals surface area contributed by atoms with Crippen LogP contribution in [-0.4, -0.2) is 25.1 Å². The van der Waals surface area contributed by atoms with E-state index in [2.05, 4.69) is 25.5 Å². The molecule has 0 aliphatic rings. The standard InChI is InChI=1S/C13H12N6O2S/c1-8-5-11(14-6-9(8)19(20)21)15-7-12-16-13(18-17-12)10-3-2-4-22-10/h2-6H,7H2,1H3,(H,14,15)(H,16,17,18). The predicted molar refractivity (Wildman–Crippen MR) is 82.7 cm³/mol. The van der Waals surface area contributed by atoms with Crippen LogP contribution < -0.4 is 5.32 Å². The lowest BCUT2D eigenvalue weighted by Gasteiger charge is -2.04. The maximum Gasteiger partial charge on any atom is 0.290 e. The number of hydrogen-bond acceptors (Lipinski definition) is 7. The third-order valence-electron chi connectivity index (χ3n) is 2.99. The summed E-state index contributed by atoms with van der Waals surface area (Å²) >= 11 is 1.57. The van der Waals surface area contributed by atoms with Gasteiger partial charge in [0.05, 0.1) is 16.3 Å². The maximum absolute atomic E-state index is 10.8. The summed E-state index contributed by atoms with van der Waals surface area (Å²) in [6.07, 6.45) is 1.25. The number of nitrogens with one attached hydrogen (secondary N) is 2. The molecule has 0 aliphatic heterocycles. The van der Waals surface area contributed by atoms with E-state index in [-0.39, 0.29) is 5.69 Å². The minimum absolute atomic E-state index is 0.00481. The van der Waals surface area contributed by atoms with Gasteiger partial charge < -0.3 is 5.32 Å². The van der Waals surface area contributed by atoms with Crippen molar-refractivity contribution in [2.24, 2.45) is 0 Å². The van der Waals surface area contributed by atoms with E-state index in [9.17, 15) is 10.1 Å². The largest absolute Gasteiger partial charge is 0.363 e. The highest BCUT2D eigenvalue weighted by molar-refractivity contribution is 7.13. The maximum atomic E-state index is 10.8. The summed E-state index contributed by atoms with van der Waals surface area (Å²) in [6, 6.07) is 5.53. The Bertz CT molecular complexity index is 799. The highest BCUT2D eigenvalue weighted by Crippen LogP contribution is 2.21. The van der Waals surface area contributed by atoms with Gasteiger partial charge in [-0.1, -0.05) is 6.07 Å². The predicted octanol–water partition coefficient (Wildman–Crippen LogP) is 2.76. The fourth-order valence-corrected chi connectivity index (χ4v) is 2.56. The Morgan fingerprint density at radius 3 is 3.05 bits per heavy atom. The van der Waals surface area contributed by atoms with Crippen LogP contribution in [0.25, 0.3) is 10.7 Å². The number of anilines is 1. The van der Waals surface area contributed by atoms with Gasteiger partial charge in [-0.15, -0.1) is 11.3 Å². The first-order valence-electron chi connectivity index (χ1n) is 6.43. The van der Waals surface area contributed by atoms with E-state index in [1.807, 2.05) is 17.5 Å². The number of nitro groups is 1. The smallest absolute Gasteiger partial charge is 0.290 e. The van der Waals surface area contributed by atoms with Gasteiger partial charge in [0.2, 0.25) is 0 Å². The summed E-state index contributed by atoms with van der Waals surface area (Å²) in [6.45, 7) is 2.08. The van der Waals surface area contributed by atoms with Crippen molar-refractivity contribution in [1.82, 2.24) is 20.2 Å². The topological polar surface area (TPSA) is 110 Å².